The van der Waals surface area contributed by atoms with Crippen molar-refractivity contribution in [3.63, 3.8) is 0 Å². The van der Waals surface area contributed by atoms with Gasteiger partial charge in [0.25, 0.3) is 5.91 Å². The Labute approximate surface area is 123 Å². The Bertz CT molecular complexity index is 478. The fourth-order valence-corrected chi connectivity index (χ4v) is 3.45. The van der Waals surface area contributed by atoms with E-state index in [9.17, 15) is 4.79 Å². The first kappa shape index (κ1) is 13.2. The Morgan fingerprint density at radius 1 is 1.42 bits per heavy atom. The van der Waals surface area contributed by atoms with E-state index in [-0.39, 0.29) is 5.91 Å². The number of piperidine rings is 1. The van der Waals surface area contributed by atoms with Gasteiger partial charge in [-0.05, 0) is 53.6 Å². The molecule has 3 nitrogen and oxygen atoms in total. The van der Waals surface area contributed by atoms with Crippen LogP contribution < -0.4 is 0 Å². The molecule has 2 heterocycles. The molecule has 1 aliphatic carbocycles. The Morgan fingerprint density at radius 2 is 2.21 bits per heavy atom. The van der Waals surface area contributed by atoms with Crippen LogP contribution in [0.1, 0.15) is 55.6 Å². The molecular formula is C15H21BrN2O. The topological polar surface area (TPSA) is 25.2 Å². The minimum Gasteiger partial charge on any atom is -0.339 e. The predicted molar refractivity (Wildman–Crippen MR) is 79.3 cm³/mol. The van der Waals surface area contributed by atoms with Gasteiger partial charge in [-0.3, -0.25) is 4.79 Å². The quantitative estimate of drug-likeness (QED) is 0.829. The van der Waals surface area contributed by atoms with Gasteiger partial charge in [0.1, 0.15) is 5.69 Å². The molecule has 0 aromatic carbocycles. The van der Waals surface area contributed by atoms with Gasteiger partial charge in [-0.15, -0.1) is 0 Å². The van der Waals surface area contributed by atoms with Crippen LogP contribution in [0.5, 0.6) is 0 Å². The summed E-state index contributed by atoms with van der Waals surface area (Å²) in [5, 5.41) is 0. The molecule has 104 valence electrons. The van der Waals surface area contributed by atoms with Crippen LogP contribution in [0.25, 0.3) is 0 Å². The number of hydrogen-bond acceptors (Lipinski definition) is 1. The van der Waals surface area contributed by atoms with Crippen LogP contribution in [0.3, 0.4) is 0 Å². The molecule has 1 aliphatic heterocycles. The van der Waals surface area contributed by atoms with Gasteiger partial charge in [-0.25, -0.2) is 0 Å². The predicted octanol–water partition coefficient (Wildman–Crippen LogP) is 3.85. The summed E-state index contributed by atoms with van der Waals surface area (Å²) in [4.78, 5) is 14.8. The zero-order valence-corrected chi connectivity index (χ0v) is 13.0. The summed E-state index contributed by atoms with van der Waals surface area (Å²) in [5.74, 6) is 0.904. The average Bonchev–Trinajstić information content (AvgIpc) is 3.21. The van der Waals surface area contributed by atoms with Crippen LogP contribution in [-0.4, -0.2) is 28.5 Å². The molecule has 4 heteroatoms. The van der Waals surface area contributed by atoms with E-state index in [1.54, 1.807) is 0 Å². The van der Waals surface area contributed by atoms with Crippen molar-refractivity contribution in [2.45, 2.75) is 45.1 Å². The van der Waals surface area contributed by atoms with Crippen LogP contribution in [0, 0.1) is 5.92 Å². The molecule has 1 atom stereocenters. The average molecular weight is 325 g/mol. The zero-order valence-electron chi connectivity index (χ0n) is 11.4. The van der Waals surface area contributed by atoms with Crippen molar-refractivity contribution in [3.05, 3.63) is 22.4 Å². The molecule has 2 aliphatic rings. The minimum atomic E-state index is 0.218. The number of hydrogen-bond donors (Lipinski definition) is 0. The fourth-order valence-electron chi connectivity index (χ4n) is 3.02. The number of aromatic nitrogens is 1. The SMILES string of the molecule is CCC1CCCN(C(=O)c2cc(Br)cn2C2CC2)C1. The first-order valence-corrected chi connectivity index (χ1v) is 8.15. The van der Waals surface area contributed by atoms with Crippen molar-refractivity contribution >= 4 is 21.8 Å². The lowest BCUT2D eigenvalue weighted by atomic mass is 9.95. The number of amides is 1. The third-order valence-corrected chi connectivity index (χ3v) is 4.79. The summed E-state index contributed by atoms with van der Waals surface area (Å²) in [6.45, 7) is 4.08. The second-order valence-corrected chi connectivity index (χ2v) is 6.77. The van der Waals surface area contributed by atoms with Crippen molar-refractivity contribution in [3.8, 4) is 0 Å². The van der Waals surface area contributed by atoms with Crippen molar-refractivity contribution in [1.29, 1.82) is 0 Å². The fraction of sp³-hybridized carbons (Fsp3) is 0.667. The highest BCUT2D eigenvalue weighted by Gasteiger charge is 2.31. The van der Waals surface area contributed by atoms with Gasteiger partial charge in [-0.2, -0.15) is 0 Å². The molecule has 3 rings (SSSR count). The molecule has 0 radical (unpaired) electrons. The number of carbonyl (C=O) groups is 1. The molecule has 1 saturated heterocycles. The van der Waals surface area contributed by atoms with Crippen LogP contribution >= 0.6 is 15.9 Å². The van der Waals surface area contributed by atoms with E-state index in [0.29, 0.717) is 12.0 Å². The highest BCUT2D eigenvalue weighted by Crippen LogP contribution is 2.38. The molecule has 0 bridgehead atoms. The minimum absolute atomic E-state index is 0.218. The number of likely N-dealkylation sites (tertiary alicyclic amines) is 1. The maximum atomic E-state index is 12.7. The normalized spacial score (nSPS) is 23.7. The van der Waals surface area contributed by atoms with Crippen molar-refractivity contribution in [2.75, 3.05) is 13.1 Å². The van der Waals surface area contributed by atoms with Crippen LogP contribution in [0.2, 0.25) is 0 Å². The lowest BCUT2D eigenvalue weighted by Gasteiger charge is -2.32. The molecule has 1 amide bonds. The lowest BCUT2D eigenvalue weighted by Crippen LogP contribution is -2.40. The van der Waals surface area contributed by atoms with Gasteiger partial charge in [0.2, 0.25) is 0 Å². The van der Waals surface area contributed by atoms with Crippen LogP contribution in [-0.2, 0) is 0 Å². The third-order valence-electron chi connectivity index (χ3n) is 4.36. The van der Waals surface area contributed by atoms with Gasteiger partial charge < -0.3 is 9.47 Å². The van der Waals surface area contributed by atoms with E-state index in [1.165, 1.54) is 25.7 Å². The first-order chi connectivity index (χ1) is 9.19. The summed E-state index contributed by atoms with van der Waals surface area (Å²) in [7, 11) is 0. The standard InChI is InChI=1S/C15H21BrN2O/c1-2-11-4-3-7-17(9-11)15(19)14-8-12(16)10-18(14)13-5-6-13/h8,10-11,13H,2-7,9H2,1H3. The second kappa shape index (κ2) is 5.31. The number of halogens is 1. The Hall–Kier alpha value is -0.770. The molecule has 19 heavy (non-hydrogen) atoms. The number of carbonyl (C=O) groups excluding carboxylic acids is 1. The molecule has 1 aromatic rings. The molecule has 1 saturated carbocycles. The van der Waals surface area contributed by atoms with Crippen molar-refractivity contribution < 1.29 is 4.79 Å². The first-order valence-electron chi connectivity index (χ1n) is 7.35. The maximum Gasteiger partial charge on any atom is 0.270 e. The van der Waals surface area contributed by atoms with E-state index in [2.05, 4.69) is 38.5 Å². The van der Waals surface area contributed by atoms with Gasteiger partial charge >= 0.3 is 0 Å². The smallest absolute Gasteiger partial charge is 0.270 e. The largest absolute Gasteiger partial charge is 0.339 e. The van der Waals surface area contributed by atoms with Gasteiger partial charge in [0, 0.05) is 29.8 Å². The van der Waals surface area contributed by atoms with Crippen LogP contribution in [0.4, 0.5) is 0 Å². The molecule has 0 spiro atoms. The lowest BCUT2D eigenvalue weighted by molar-refractivity contribution is 0.0660. The van der Waals surface area contributed by atoms with Crippen LogP contribution in [0.15, 0.2) is 16.7 Å². The zero-order chi connectivity index (χ0) is 13.4. The van der Waals surface area contributed by atoms with E-state index in [1.807, 2.05) is 6.07 Å². The van der Waals surface area contributed by atoms with Gasteiger partial charge in [0.05, 0.1) is 0 Å². The number of rotatable bonds is 3. The number of nitrogens with zero attached hydrogens (tertiary/aromatic N) is 2. The van der Waals surface area contributed by atoms with E-state index >= 15 is 0 Å². The Balaban J connectivity index is 1.79. The van der Waals surface area contributed by atoms with E-state index in [4.69, 9.17) is 0 Å². The van der Waals surface area contributed by atoms with E-state index in [0.717, 1.165) is 29.7 Å². The summed E-state index contributed by atoms with van der Waals surface area (Å²) >= 11 is 3.51. The summed E-state index contributed by atoms with van der Waals surface area (Å²) < 4.78 is 3.19. The van der Waals surface area contributed by atoms with Crippen molar-refractivity contribution in [2.24, 2.45) is 5.92 Å². The third kappa shape index (κ3) is 2.73. The Kier molecular flexibility index (Phi) is 3.70. The monoisotopic (exact) mass is 324 g/mol. The highest BCUT2D eigenvalue weighted by molar-refractivity contribution is 9.10. The molecule has 1 aromatic heterocycles. The van der Waals surface area contributed by atoms with E-state index < -0.39 is 0 Å². The molecule has 1 unspecified atom stereocenters. The molecule has 2 fully saturated rings. The molecule has 0 N–H and O–H groups in total. The summed E-state index contributed by atoms with van der Waals surface area (Å²) in [6.07, 6.45) is 8.07. The summed E-state index contributed by atoms with van der Waals surface area (Å²) in [6, 6.07) is 2.54. The second-order valence-electron chi connectivity index (χ2n) is 5.85. The van der Waals surface area contributed by atoms with Crippen molar-refractivity contribution in [1.82, 2.24) is 9.47 Å². The Morgan fingerprint density at radius 3 is 2.89 bits per heavy atom. The summed E-state index contributed by atoms with van der Waals surface area (Å²) in [5.41, 5.74) is 0.867. The highest BCUT2D eigenvalue weighted by atomic mass is 79.9. The maximum absolute atomic E-state index is 12.7. The van der Waals surface area contributed by atoms with Gasteiger partial charge in [0.15, 0.2) is 0 Å². The van der Waals surface area contributed by atoms with Gasteiger partial charge in [-0.1, -0.05) is 13.3 Å². The molecular weight excluding hydrogens is 304 g/mol.